The third kappa shape index (κ3) is 4.45. The van der Waals surface area contributed by atoms with E-state index in [9.17, 15) is 14.4 Å². The smallest absolute Gasteiger partial charge is 0.174 e. The van der Waals surface area contributed by atoms with Crippen molar-refractivity contribution < 1.29 is 14.4 Å². The highest BCUT2D eigenvalue weighted by Crippen LogP contribution is 2.21. The van der Waals surface area contributed by atoms with E-state index >= 15 is 0 Å². The minimum atomic E-state index is -1.04. The zero-order chi connectivity index (χ0) is 19.2. The molecule has 134 valence electrons. The van der Waals surface area contributed by atoms with Gasteiger partial charge in [-0.05, 0) is 6.92 Å². The largest absolute Gasteiger partial charge is 0.294 e. The van der Waals surface area contributed by atoms with Gasteiger partial charge >= 0.3 is 0 Å². The monoisotopic (exact) mass is 356 g/mol. The van der Waals surface area contributed by atoms with E-state index in [4.69, 9.17) is 0 Å². The van der Waals surface area contributed by atoms with Gasteiger partial charge < -0.3 is 0 Å². The molecule has 3 heteroatoms. The molecule has 0 saturated carbocycles. The lowest BCUT2D eigenvalue weighted by molar-refractivity contribution is 0.0760. The van der Waals surface area contributed by atoms with Gasteiger partial charge in [0, 0.05) is 23.1 Å². The van der Waals surface area contributed by atoms with Crippen molar-refractivity contribution in [3.8, 4) is 0 Å². The fourth-order valence-electron chi connectivity index (χ4n) is 2.95. The third-order valence-electron chi connectivity index (χ3n) is 4.51. The quantitative estimate of drug-likeness (QED) is 0.444. The first kappa shape index (κ1) is 18.5. The van der Waals surface area contributed by atoms with Gasteiger partial charge in [-0.2, -0.15) is 0 Å². The van der Waals surface area contributed by atoms with Crippen LogP contribution < -0.4 is 0 Å². The number of carbonyl (C=O) groups excluding carboxylic acids is 3. The second kappa shape index (κ2) is 8.37. The molecule has 0 spiro atoms. The first-order chi connectivity index (χ1) is 13.1. The van der Waals surface area contributed by atoms with Crippen LogP contribution in [0.4, 0.5) is 0 Å². The molecule has 0 N–H and O–H groups in total. The molecule has 0 bridgehead atoms. The number of aryl methyl sites for hydroxylation is 1. The van der Waals surface area contributed by atoms with Crippen molar-refractivity contribution in [3.63, 3.8) is 0 Å². The van der Waals surface area contributed by atoms with E-state index in [1.165, 1.54) is 0 Å². The van der Waals surface area contributed by atoms with E-state index in [0.717, 1.165) is 5.56 Å². The Kier molecular flexibility index (Phi) is 5.72. The topological polar surface area (TPSA) is 51.2 Å². The molecule has 3 rings (SSSR count). The predicted molar refractivity (Wildman–Crippen MR) is 105 cm³/mol. The number of benzene rings is 3. The summed E-state index contributed by atoms with van der Waals surface area (Å²) in [6.45, 7) is 1.93. The molecule has 0 radical (unpaired) electrons. The zero-order valence-corrected chi connectivity index (χ0v) is 15.1. The van der Waals surface area contributed by atoms with Crippen LogP contribution in [0.5, 0.6) is 0 Å². The highest BCUT2D eigenvalue weighted by atomic mass is 16.2. The lowest BCUT2D eigenvalue weighted by Gasteiger charge is -2.15. The maximum atomic E-state index is 13.1. The van der Waals surface area contributed by atoms with Crippen LogP contribution in [0.2, 0.25) is 0 Å². The Morgan fingerprint density at radius 2 is 1.07 bits per heavy atom. The van der Waals surface area contributed by atoms with Crippen LogP contribution >= 0.6 is 0 Å². The lowest BCUT2D eigenvalue weighted by atomic mass is 9.85. The van der Waals surface area contributed by atoms with Gasteiger partial charge in [0.05, 0.1) is 5.92 Å². The standard InChI is InChI=1S/C24H20O3/c1-17-12-14-20(15-13-17)24(27)21(23(26)19-10-6-3-7-11-19)16-22(25)18-8-4-2-5-9-18/h2-15,21H,16H2,1H3. The summed E-state index contributed by atoms with van der Waals surface area (Å²) < 4.78 is 0. The van der Waals surface area contributed by atoms with Crippen LogP contribution in [-0.4, -0.2) is 17.3 Å². The summed E-state index contributed by atoms with van der Waals surface area (Å²) >= 11 is 0. The first-order valence-corrected chi connectivity index (χ1v) is 8.84. The van der Waals surface area contributed by atoms with E-state index < -0.39 is 5.92 Å². The van der Waals surface area contributed by atoms with Gasteiger partial charge in [-0.3, -0.25) is 14.4 Å². The predicted octanol–water partition coefficient (Wildman–Crippen LogP) is 4.95. The fourth-order valence-corrected chi connectivity index (χ4v) is 2.95. The van der Waals surface area contributed by atoms with Gasteiger partial charge in [0.2, 0.25) is 0 Å². The number of ketones is 3. The summed E-state index contributed by atoms with van der Waals surface area (Å²) in [5.74, 6) is -1.91. The lowest BCUT2D eigenvalue weighted by Crippen LogP contribution is -2.27. The van der Waals surface area contributed by atoms with Gasteiger partial charge in [0.25, 0.3) is 0 Å². The Balaban J connectivity index is 1.93. The van der Waals surface area contributed by atoms with Crippen LogP contribution in [0, 0.1) is 12.8 Å². The molecule has 0 amide bonds. The van der Waals surface area contributed by atoms with Crippen LogP contribution in [0.25, 0.3) is 0 Å². The van der Waals surface area contributed by atoms with Gasteiger partial charge in [-0.15, -0.1) is 0 Å². The van der Waals surface area contributed by atoms with Crippen LogP contribution in [0.3, 0.4) is 0 Å². The van der Waals surface area contributed by atoms with E-state index in [1.807, 2.05) is 31.2 Å². The Bertz CT molecular complexity index is 942. The van der Waals surface area contributed by atoms with Crippen molar-refractivity contribution in [2.75, 3.05) is 0 Å². The number of rotatable bonds is 7. The summed E-state index contributed by atoms with van der Waals surface area (Å²) in [4.78, 5) is 38.8. The van der Waals surface area contributed by atoms with Crippen molar-refractivity contribution in [2.24, 2.45) is 5.92 Å². The molecule has 1 atom stereocenters. The van der Waals surface area contributed by atoms with E-state index in [2.05, 4.69) is 0 Å². The molecule has 0 aliphatic heterocycles. The number of hydrogen-bond donors (Lipinski definition) is 0. The molecule has 1 unspecified atom stereocenters. The van der Waals surface area contributed by atoms with Gasteiger partial charge in [-0.1, -0.05) is 90.5 Å². The van der Waals surface area contributed by atoms with Crippen molar-refractivity contribution in [1.82, 2.24) is 0 Å². The Hall–Kier alpha value is -3.33. The number of hydrogen-bond acceptors (Lipinski definition) is 3. The second-order valence-corrected chi connectivity index (χ2v) is 6.51. The van der Waals surface area contributed by atoms with Crippen molar-refractivity contribution in [1.29, 1.82) is 0 Å². The average molecular weight is 356 g/mol. The summed E-state index contributed by atoms with van der Waals surface area (Å²) in [5.41, 5.74) is 2.40. The molecule has 0 aliphatic rings. The highest BCUT2D eigenvalue weighted by molar-refractivity contribution is 6.18. The SMILES string of the molecule is Cc1ccc(C(=O)C(CC(=O)c2ccccc2)C(=O)c2ccccc2)cc1. The Labute approximate surface area is 158 Å². The molecule has 3 nitrogen and oxygen atoms in total. The third-order valence-corrected chi connectivity index (χ3v) is 4.51. The molecule has 0 heterocycles. The van der Waals surface area contributed by atoms with Gasteiger partial charge in [0.1, 0.15) is 0 Å². The van der Waals surface area contributed by atoms with Crippen molar-refractivity contribution in [3.05, 3.63) is 107 Å². The molecule has 0 aromatic heterocycles. The molecular weight excluding hydrogens is 336 g/mol. The second-order valence-electron chi connectivity index (χ2n) is 6.51. The molecule has 3 aromatic rings. The van der Waals surface area contributed by atoms with E-state index in [1.54, 1.807) is 60.7 Å². The average Bonchev–Trinajstić information content (AvgIpc) is 2.72. The van der Waals surface area contributed by atoms with Gasteiger partial charge in [0.15, 0.2) is 17.3 Å². The Morgan fingerprint density at radius 3 is 1.59 bits per heavy atom. The summed E-state index contributed by atoms with van der Waals surface area (Å²) in [6.07, 6.45) is -0.148. The van der Waals surface area contributed by atoms with Crippen LogP contribution in [0.1, 0.15) is 43.1 Å². The van der Waals surface area contributed by atoms with Crippen molar-refractivity contribution >= 4 is 17.3 Å². The molecule has 0 fully saturated rings. The molecule has 0 aliphatic carbocycles. The fraction of sp³-hybridized carbons (Fsp3) is 0.125. The molecular formula is C24H20O3. The van der Waals surface area contributed by atoms with Crippen LogP contribution in [0.15, 0.2) is 84.9 Å². The minimum absolute atomic E-state index is 0.148. The minimum Gasteiger partial charge on any atom is -0.294 e. The summed E-state index contributed by atoms with van der Waals surface area (Å²) in [6, 6.07) is 24.5. The summed E-state index contributed by atoms with van der Waals surface area (Å²) in [5, 5.41) is 0. The maximum absolute atomic E-state index is 13.1. The van der Waals surface area contributed by atoms with Gasteiger partial charge in [-0.25, -0.2) is 0 Å². The summed E-state index contributed by atoms with van der Waals surface area (Å²) in [7, 11) is 0. The van der Waals surface area contributed by atoms with E-state index in [0.29, 0.717) is 16.7 Å². The Morgan fingerprint density at radius 1 is 0.630 bits per heavy atom. The van der Waals surface area contributed by atoms with Crippen LogP contribution in [-0.2, 0) is 0 Å². The molecule has 27 heavy (non-hydrogen) atoms. The normalized spacial score (nSPS) is 11.6. The number of carbonyl (C=O) groups is 3. The first-order valence-electron chi connectivity index (χ1n) is 8.84. The molecule has 3 aromatic carbocycles. The van der Waals surface area contributed by atoms with Crippen molar-refractivity contribution in [2.45, 2.75) is 13.3 Å². The maximum Gasteiger partial charge on any atom is 0.174 e. The highest BCUT2D eigenvalue weighted by Gasteiger charge is 2.31. The number of Topliss-reactive ketones (excluding diaryl/α,β-unsaturated/α-hetero) is 3. The molecule has 0 saturated heterocycles. The van der Waals surface area contributed by atoms with E-state index in [-0.39, 0.29) is 23.8 Å². The zero-order valence-electron chi connectivity index (χ0n) is 15.1.